The molecular formula is C25H24N2O5. The molecule has 3 aromatic rings. The van der Waals surface area contributed by atoms with Crippen LogP contribution in [-0.2, 0) is 25.5 Å². The first kappa shape index (κ1) is 21.4. The Bertz CT molecular complexity index is 1170. The van der Waals surface area contributed by atoms with E-state index in [0.717, 1.165) is 27.6 Å². The second-order valence-corrected chi connectivity index (χ2v) is 7.67. The molecule has 3 aromatic carbocycles. The molecule has 32 heavy (non-hydrogen) atoms. The lowest BCUT2D eigenvalue weighted by molar-refractivity contribution is -0.150. The quantitative estimate of drug-likeness (QED) is 0.557. The number of ether oxygens (including phenoxy) is 2. The Balaban J connectivity index is 1.25. The van der Waals surface area contributed by atoms with Crippen molar-refractivity contribution < 1.29 is 23.9 Å². The summed E-state index contributed by atoms with van der Waals surface area (Å²) in [6.07, 6.45) is 1.04. The van der Waals surface area contributed by atoms with Crippen molar-refractivity contribution in [2.75, 3.05) is 18.5 Å². The highest BCUT2D eigenvalue weighted by Crippen LogP contribution is 2.27. The minimum atomic E-state index is -0.635. The fraction of sp³-hybridized carbons (Fsp3) is 0.240. The monoisotopic (exact) mass is 432 g/mol. The normalized spacial score (nSPS) is 13.6. The summed E-state index contributed by atoms with van der Waals surface area (Å²) in [6, 6.07) is 18.9. The molecule has 0 unspecified atom stereocenters. The molecule has 7 heteroatoms. The number of carbonyl (C=O) groups is 3. The van der Waals surface area contributed by atoms with Crippen LogP contribution in [0.25, 0.3) is 10.8 Å². The number of nitrogens with one attached hydrogen (secondary N) is 2. The van der Waals surface area contributed by atoms with Gasteiger partial charge in [0, 0.05) is 12.1 Å². The first-order valence-electron chi connectivity index (χ1n) is 10.5. The van der Waals surface area contributed by atoms with Gasteiger partial charge in [-0.1, -0.05) is 42.5 Å². The summed E-state index contributed by atoms with van der Waals surface area (Å²) < 4.78 is 10.5. The van der Waals surface area contributed by atoms with E-state index in [1.54, 1.807) is 18.2 Å². The number of rotatable bonds is 7. The third-order valence-electron chi connectivity index (χ3n) is 5.36. The number of benzene rings is 3. The number of anilines is 1. The number of hydrogen-bond donors (Lipinski definition) is 2. The van der Waals surface area contributed by atoms with Gasteiger partial charge >= 0.3 is 5.97 Å². The van der Waals surface area contributed by atoms with Crippen molar-refractivity contribution in [3.63, 3.8) is 0 Å². The van der Waals surface area contributed by atoms with Crippen molar-refractivity contribution in [3.05, 3.63) is 71.8 Å². The largest absolute Gasteiger partial charge is 0.482 e. The topological polar surface area (TPSA) is 93.7 Å². The van der Waals surface area contributed by atoms with E-state index in [1.807, 2.05) is 49.4 Å². The Morgan fingerprint density at radius 1 is 1.03 bits per heavy atom. The molecule has 4 rings (SSSR count). The molecule has 0 aliphatic carbocycles. The molecule has 0 aromatic heterocycles. The van der Waals surface area contributed by atoms with Crippen molar-refractivity contribution in [3.8, 4) is 5.75 Å². The van der Waals surface area contributed by atoms with Crippen LogP contribution in [0.5, 0.6) is 5.75 Å². The van der Waals surface area contributed by atoms with E-state index in [-0.39, 0.29) is 31.1 Å². The van der Waals surface area contributed by atoms with Crippen molar-refractivity contribution >= 4 is 34.2 Å². The van der Waals surface area contributed by atoms with Gasteiger partial charge in [0.15, 0.2) is 13.2 Å². The average molecular weight is 432 g/mol. The van der Waals surface area contributed by atoms with Crippen LogP contribution < -0.4 is 15.4 Å². The third-order valence-corrected chi connectivity index (χ3v) is 5.36. The van der Waals surface area contributed by atoms with Crippen LogP contribution in [0.4, 0.5) is 5.69 Å². The number of hydrogen-bond acceptors (Lipinski definition) is 5. The molecule has 1 aliphatic heterocycles. The van der Waals surface area contributed by atoms with Crippen LogP contribution in [0.15, 0.2) is 60.7 Å². The Morgan fingerprint density at radius 2 is 1.84 bits per heavy atom. The first-order valence-corrected chi connectivity index (χ1v) is 10.5. The minimum absolute atomic E-state index is 0.0113. The summed E-state index contributed by atoms with van der Waals surface area (Å²) in [5.41, 5.74) is 2.71. The molecule has 0 fully saturated rings. The maximum Gasteiger partial charge on any atom is 0.344 e. The summed E-state index contributed by atoms with van der Waals surface area (Å²) in [5.74, 6) is -0.527. The molecule has 7 nitrogen and oxygen atoms in total. The van der Waals surface area contributed by atoms with Crippen molar-refractivity contribution in [2.45, 2.75) is 25.8 Å². The number of fused-ring (bicyclic) bond motifs is 2. The molecule has 2 N–H and O–H groups in total. The second kappa shape index (κ2) is 9.51. The zero-order valence-corrected chi connectivity index (χ0v) is 17.7. The molecule has 0 spiro atoms. The van der Waals surface area contributed by atoms with Crippen LogP contribution in [0.1, 0.15) is 30.5 Å². The lowest BCUT2D eigenvalue weighted by Gasteiger charge is -2.18. The molecule has 0 saturated carbocycles. The summed E-state index contributed by atoms with van der Waals surface area (Å²) >= 11 is 0. The number of carbonyl (C=O) groups excluding carboxylic acids is 3. The lowest BCUT2D eigenvalue weighted by Crippen LogP contribution is -2.32. The summed E-state index contributed by atoms with van der Waals surface area (Å²) in [7, 11) is 0. The number of esters is 1. The van der Waals surface area contributed by atoms with Gasteiger partial charge in [0.05, 0.1) is 6.04 Å². The molecule has 2 amide bonds. The van der Waals surface area contributed by atoms with E-state index in [2.05, 4.69) is 10.6 Å². The van der Waals surface area contributed by atoms with Gasteiger partial charge in [-0.15, -0.1) is 0 Å². The number of amides is 2. The zero-order chi connectivity index (χ0) is 22.5. The first-order chi connectivity index (χ1) is 15.5. The summed E-state index contributed by atoms with van der Waals surface area (Å²) in [5, 5.41) is 7.82. The Morgan fingerprint density at radius 3 is 2.72 bits per heavy atom. The van der Waals surface area contributed by atoms with Gasteiger partial charge in [-0.25, -0.2) is 4.79 Å². The fourth-order valence-electron chi connectivity index (χ4n) is 3.77. The van der Waals surface area contributed by atoms with Gasteiger partial charge in [-0.2, -0.15) is 0 Å². The Kier molecular flexibility index (Phi) is 6.35. The fourth-order valence-corrected chi connectivity index (χ4v) is 3.77. The third kappa shape index (κ3) is 5.06. The van der Waals surface area contributed by atoms with Gasteiger partial charge < -0.3 is 20.1 Å². The molecule has 0 saturated heterocycles. The summed E-state index contributed by atoms with van der Waals surface area (Å²) in [6.45, 7) is 1.20. The molecule has 1 atom stereocenters. The molecule has 0 bridgehead atoms. The molecule has 164 valence electrons. The Labute approximate surface area is 185 Å². The predicted octanol–water partition coefficient (Wildman–Crippen LogP) is 3.52. The zero-order valence-electron chi connectivity index (χ0n) is 17.7. The van der Waals surface area contributed by atoms with Crippen LogP contribution in [0.2, 0.25) is 0 Å². The Hall–Kier alpha value is -3.87. The van der Waals surface area contributed by atoms with Gasteiger partial charge in [-0.05, 0) is 53.4 Å². The predicted molar refractivity (Wildman–Crippen MR) is 120 cm³/mol. The minimum Gasteiger partial charge on any atom is -0.482 e. The van der Waals surface area contributed by atoms with Gasteiger partial charge in [0.25, 0.3) is 5.91 Å². The highest BCUT2D eigenvalue weighted by molar-refractivity contribution is 5.94. The van der Waals surface area contributed by atoms with E-state index in [4.69, 9.17) is 9.47 Å². The van der Waals surface area contributed by atoms with Gasteiger partial charge in [0.1, 0.15) is 5.75 Å². The van der Waals surface area contributed by atoms with E-state index in [1.165, 1.54) is 0 Å². The molecular weight excluding hydrogens is 408 g/mol. The van der Waals surface area contributed by atoms with Crippen molar-refractivity contribution in [1.29, 1.82) is 0 Å². The lowest BCUT2D eigenvalue weighted by atomic mass is 10.00. The van der Waals surface area contributed by atoms with Crippen LogP contribution in [0, 0.1) is 0 Å². The van der Waals surface area contributed by atoms with E-state index >= 15 is 0 Å². The molecule has 1 heterocycles. The second-order valence-electron chi connectivity index (χ2n) is 7.67. The average Bonchev–Trinajstić information content (AvgIpc) is 2.81. The van der Waals surface area contributed by atoms with Gasteiger partial charge in [-0.3, -0.25) is 9.59 Å². The van der Waals surface area contributed by atoms with E-state index in [0.29, 0.717) is 18.6 Å². The van der Waals surface area contributed by atoms with Crippen LogP contribution >= 0.6 is 0 Å². The maximum absolute atomic E-state index is 12.3. The number of aryl methyl sites for hydroxylation is 1. The van der Waals surface area contributed by atoms with Crippen LogP contribution in [0.3, 0.4) is 0 Å². The smallest absolute Gasteiger partial charge is 0.344 e. The highest BCUT2D eigenvalue weighted by atomic mass is 16.6. The highest BCUT2D eigenvalue weighted by Gasteiger charge is 2.17. The summed E-state index contributed by atoms with van der Waals surface area (Å²) in [4.78, 5) is 35.7. The molecule has 0 radical (unpaired) electrons. The van der Waals surface area contributed by atoms with Crippen molar-refractivity contribution in [2.24, 2.45) is 0 Å². The van der Waals surface area contributed by atoms with Crippen molar-refractivity contribution in [1.82, 2.24) is 5.32 Å². The molecule has 1 aliphatic rings. The maximum atomic E-state index is 12.3. The standard InChI is InChI=1S/C25H24N2O5/c1-16(20-8-4-6-17-5-2-3-7-21(17)20)26-24(29)14-32-25(30)15-31-19-10-11-22-18(13-19)9-12-23(28)27-22/h2-8,10-11,13,16H,9,12,14-15H2,1H3,(H,26,29)(H,27,28)/t16-/m1/s1. The van der Waals surface area contributed by atoms with Gasteiger partial charge in [0.2, 0.25) is 5.91 Å². The SMILES string of the molecule is C[C@@H](NC(=O)COC(=O)COc1ccc2c(c1)CCC(=O)N2)c1cccc2ccccc12. The van der Waals surface area contributed by atoms with E-state index in [9.17, 15) is 14.4 Å². The van der Waals surface area contributed by atoms with Crippen LogP contribution in [-0.4, -0.2) is 31.0 Å². The van der Waals surface area contributed by atoms with E-state index < -0.39 is 5.97 Å².